The molecule has 1 saturated heterocycles. The highest BCUT2D eigenvalue weighted by Crippen LogP contribution is 2.30. The van der Waals surface area contributed by atoms with E-state index in [0.717, 1.165) is 23.3 Å². The first-order valence-corrected chi connectivity index (χ1v) is 9.26. The summed E-state index contributed by atoms with van der Waals surface area (Å²) in [5, 5.41) is 10.7. The number of likely N-dealkylation sites (tertiary alicyclic amines) is 1. The van der Waals surface area contributed by atoms with Gasteiger partial charge in [0.2, 0.25) is 0 Å². The van der Waals surface area contributed by atoms with E-state index in [1.165, 1.54) is 12.8 Å². The Labute approximate surface area is 153 Å². The third-order valence-corrected chi connectivity index (χ3v) is 4.81. The highest BCUT2D eigenvalue weighted by Gasteiger charge is 2.33. The van der Waals surface area contributed by atoms with Gasteiger partial charge < -0.3 is 24.5 Å². The molecule has 1 aliphatic heterocycles. The van der Waals surface area contributed by atoms with Gasteiger partial charge in [0.15, 0.2) is 0 Å². The van der Waals surface area contributed by atoms with Crippen molar-refractivity contribution in [2.75, 3.05) is 26.3 Å². The molecule has 6 nitrogen and oxygen atoms in total. The molecule has 0 atom stereocenters. The molecule has 2 N–H and O–H groups in total. The molecule has 2 aliphatic rings. The summed E-state index contributed by atoms with van der Waals surface area (Å²) in [6.07, 6.45) is 2.53. The molecule has 4 rings (SSSR count). The van der Waals surface area contributed by atoms with E-state index in [1.807, 2.05) is 24.3 Å². The Morgan fingerprint density at radius 1 is 1.31 bits per heavy atom. The van der Waals surface area contributed by atoms with Crippen molar-refractivity contribution < 1.29 is 19.4 Å². The number of hydrogen-bond donors (Lipinski definition) is 2. The number of rotatable bonds is 7. The van der Waals surface area contributed by atoms with E-state index in [-0.39, 0.29) is 18.6 Å². The lowest BCUT2D eigenvalue weighted by Crippen LogP contribution is -2.55. The molecule has 1 amide bonds. The zero-order valence-corrected chi connectivity index (χ0v) is 15.3. The maximum absolute atomic E-state index is 12.6. The number of carbonyl (C=O) groups is 1. The lowest BCUT2D eigenvalue weighted by Gasteiger charge is -2.39. The summed E-state index contributed by atoms with van der Waals surface area (Å²) in [4.78, 5) is 17.6. The average molecular weight is 358 g/mol. The smallest absolute Gasteiger partial charge is 0.270 e. The predicted molar refractivity (Wildman–Crippen MR) is 98.5 cm³/mol. The Balaban J connectivity index is 1.35. The van der Waals surface area contributed by atoms with Crippen LogP contribution < -0.4 is 4.74 Å². The molecular weight excluding hydrogens is 332 g/mol. The molecule has 0 unspecified atom stereocenters. The number of aliphatic hydroxyl groups is 1. The molecule has 1 aromatic heterocycles. The highest BCUT2D eigenvalue weighted by atomic mass is 16.5. The van der Waals surface area contributed by atoms with Crippen molar-refractivity contribution in [1.29, 1.82) is 0 Å². The number of carbonyl (C=O) groups excluding carboxylic acids is 1. The summed E-state index contributed by atoms with van der Waals surface area (Å²) in [7, 11) is 0. The molecule has 1 aromatic carbocycles. The van der Waals surface area contributed by atoms with Crippen molar-refractivity contribution in [3.8, 4) is 5.75 Å². The largest absolute Gasteiger partial charge is 0.493 e. The van der Waals surface area contributed by atoms with Gasteiger partial charge in [-0.2, -0.15) is 0 Å². The van der Waals surface area contributed by atoms with Crippen molar-refractivity contribution in [2.24, 2.45) is 5.92 Å². The van der Waals surface area contributed by atoms with Crippen LogP contribution in [0.3, 0.4) is 0 Å². The van der Waals surface area contributed by atoms with E-state index in [9.17, 15) is 9.90 Å². The first-order valence-electron chi connectivity index (χ1n) is 9.26. The van der Waals surface area contributed by atoms with Crippen molar-refractivity contribution in [3.63, 3.8) is 0 Å². The van der Waals surface area contributed by atoms with Gasteiger partial charge in [0.25, 0.3) is 5.91 Å². The molecule has 1 aliphatic carbocycles. The van der Waals surface area contributed by atoms with Crippen LogP contribution in [0.2, 0.25) is 0 Å². The van der Waals surface area contributed by atoms with Crippen LogP contribution in [0.15, 0.2) is 24.3 Å². The topological polar surface area (TPSA) is 74.8 Å². The average Bonchev–Trinajstić information content (AvgIpc) is 3.27. The minimum Gasteiger partial charge on any atom is -0.493 e. The van der Waals surface area contributed by atoms with Crippen LogP contribution >= 0.6 is 0 Å². The normalized spacial score (nSPS) is 18.2. The molecule has 0 spiro atoms. The standard InChI is InChI=1S/C20H26N2O4/c1-20(2,24)12-26-16-9-22(10-16)19(23)18-8-14-7-15(5-6-17(14)21-18)25-11-13-3-4-13/h5-8,13,16,21,24H,3-4,9-12H2,1-2H3. The van der Waals surface area contributed by atoms with E-state index < -0.39 is 5.60 Å². The van der Waals surface area contributed by atoms with E-state index in [1.54, 1.807) is 18.7 Å². The number of ether oxygens (including phenoxy) is 2. The number of nitrogens with one attached hydrogen (secondary N) is 1. The number of H-pyrrole nitrogens is 1. The van der Waals surface area contributed by atoms with Gasteiger partial charge in [-0.05, 0) is 56.9 Å². The fourth-order valence-corrected chi connectivity index (χ4v) is 3.02. The number of aromatic amines is 1. The van der Waals surface area contributed by atoms with Crippen LogP contribution in [0.1, 0.15) is 37.2 Å². The van der Waals surface area contributed by atoms with E-state index in [0.29, 0.717) is 24.7 Å². The summed E-state index contributed by atoms with van der Waals surface area (Å²) in [6, 6.07) is 7.77. The summed E-state index contributed by atoms with van der Waals surface area (Å²) < 4.78 is 11.4. The number of benzene rings is 1. The van der Waals surface area contributed by atoms with Gasteiger partial charge in [0.1, 0.15) is 11.4 Å². The summed E-state index contributed by atoms with van der Waals surface area (Å²) in [5.74, 6) is 1.54. The molecule has 140 valence electrons. The first kappa shape index (κ1) is 17.4. The zero-order valence-electron chi connectivity index (χ0n) is 15.3. The SMILES string of the molecule is CC(C)(O)COC1CN(C(=O)c2cc3cc(OCC4CC4)ccc3[nH]2)C1. The number of amides is 1. The van der Waals surface area contributed by atoms with Gasteiger partial charge in [-0.3, -0.25) is 4.79 Å². The fraction of sp³-hybridized carbons (Fsp3) is 0.550. The number of nitrogens with zero attached hydrogens (tertiary/aromatic N) is 1. The fourth-order valence-electron chi connectivity index (χ4n) is 3.02. The Morgan fingerprint density at radius 2 is 2.08 bits per heavy atom. The first-order chi connectivity index (χ1) is 12.4. The van der Waals surface area contributed by atoms with Crippen molar-refractivity contribution >= 4 is 16.8 Å². The van der Waals surface area contributed by atoms with Crippen molar-refractivity contribution in [2.45, 2.75) is 38.4 Å². The lowest BCUT2D eigenvalue weighted by atomic mass is 10.1. The third kappa shape index (κ3) is 4.02. The summed E-state index contributed by atoms with van der Waals surface area (Å²) in [6.45, 7) is 5.58. The zero-order chi connectivity index (χ0) is 18.3. The molecule has 26 heavy (non-hydrogen) atoms. The van der Waals surface area contributed by atoms with Gasteiger partial charge >= 0.3 is 0 Å². The van der Waals surface area contributed by atoms with E-state index in [4.69, 9.17) is 9.47 Å². The predicted octanol–water partition coefficient (Wildman–Crippen LogP) is 2.57. The summed E-state index contributed by atoms with van der Waals surface area (Å²) in [5.41, 5.74) is 0.670. The minimum absolute atomic E-state index is 0.00261. The van der Waals surface area contributed by atoms with Crippen LogP contribution in [0.4, 0.5) is 0 Å². The van der Waals surface area contributed by atoms with Crippen molar-refractivity contribution in [3.05, 3.63) is 30.0 Å². The van der Waals surface area contributed by atoms with Gasteiger partial charge in [-0.15, -0.1) is 0 Å². The van der Waals surface area contributed by atoms with Crippen LogP contribution in [-0.4, -0.2) is 58.9 Å². The maximum Gasteiger partial charge on any atom is 0.270 e. The number of aromatic nitrogens is 1. The third-order valence-electron chi connectivity index (χ3n) is 4.81. The Kier molecular flexibility index (Phi) is 4.40. The molecule has 2 aromatic rings. The van der Waals surface area contributed by atoms with Crippen LogP contribution in [0, 0.1) is 5.92 Å². The Morgan fingerprint density at radius 3 is 2.77 bits per heavy atom. The second-order valence-corrected chi connectivity index (χ2v) is 8.14. The van der Waals surface area contributed by atoms with Gasteiger partial charge in [0.05, 0.1) is 24.9 Å². The molecule has 6 heteroatoms. The van der Waals surface area contributed by atoms with Crippen LogP contribution in [-0.2, 0) is 4.74 Å². The van der Waals surface area contributed by atoms with E-state index >= 15 is 0 Å². The van der Waals surface area contributed by atoms with E-state index in [2.05, 4.69) is 4.98 Å². The van der Waals surface area contributed by atoms with Crippen LogP contribution in [0.5, 0.6) is 5.75 Å². The second kappa shape index (κ2) is 6.59. The molecule has 0 radical (unpaired) electrons. The molecular formula is C20H26N2O4. The molecule has 2 heterocycles. The molecule has 2 fully saturated rings. The monoisotopic (exact) mass is 358 g/mol. The number of hydrogen-bond acceptors (Lipinski definition) is 4. The van der Waals surface area contributed by atoms with Crippen LogP contribution in [0.25, 0.3) is 10.9 Å². The minimum atomic E-state index is -0.846. The molecule has 1 saturated carbocycles. The quantitative estimate of drug-likeness (QED) is 0.798. The summed E-state index contributed by atoms with van der Waals surface area (Å²) >= 11 is 0. The Hall–Kier alpha value is -2.05. The molecule has 0 bridgehead atoms. The van der Waals surface area contributed by atoms with Gasteiger partial charge in [-0.25, -0.2) is 0 Å². The Bertz CT molecular complexity index is 798. The second-order valence-electron chi connectivity index (χ2n) is 8.14. The van der Waals surface area contributed by atoms with Gasteiger partial charge in [-0.1, -0.05) is 0 Å². The van der Waals surface area contributed by atoms with Gasteiger partial charge in [0, 0.05) is 24.0 Å². The van der Waals surface area contributed by atoms with Crippen molar-refractivity contribution in [1.82, 2.24) is 9.88 Å². The highest BCUT2D eigenvalue weighted by molar-refractivity contribution is 5.98. The lowest BCUT2D eigenvalue weighted by molar-refractivity contribution is -0.0943. The maximum atomic E-state index is 12.6. The number of fused-ring (bicyclic) bond motifs is 1.